The Morgan fingerprint density at radius 3 is 2.36 bits per heavy atom. The smallest absolute Gasteiger partial charge is 0.412 e. The Kier molecular flexibility index (Phi) is 5.62. The second-order valence-corrected chi connectivity index (χ2v) is 6.74. The SMILES string of the molecule is CC(Nc1cc(F)ccc1NC(=O)OC(C)(C)C)c1cccc(F)c1. The number of hydrogen-bond acceptors (Lipinski definition) is 3. The van der Waals surface area contributed by atoms with Crippen LogP contribution in [0.3, 0.4) is 0 Å². The molecule has 2 rings (SSSR count). The van der Waals surface area contributed by atoms with Crippen LogP contribution in [0.15, 0.2) is 42.5 Å². The summed E-state index contributed by atoms with van der Waals surface area (Å²) in [5, 5.41) is 5.68. The van der Waals surface area contributed by atoms with Crippen molar-refractivity contribution < 1.29 is 18.3 Å². The number of carbonyl (C=O) groups excluding carboxylic acids is 1. The minimum Gasteiger partial charge on any atom is -0.444 e. The number of rotatable bonds is 4. The van der Waals surface area contributed by atoms with Crippen LogP contribution in [0.25, 0.3) is 0 Å². The maximum absolute atomic E-state index is 13.6. The van der Waals surface area contributed by atoms with Gasteiger partial charge in [-0.3, -0.25) is 5.32 Å². The molecule has 6 heteroatoms. The lowest BCUT2D eigenvalue weighted by Crippen LogP contribution is -2.27. The molecule has 0 saturated carbocycles. The Hall–Kier alpha value is -2.63. The molecular formula is C19H22F2N2O2. The van der Waals surface area contributed by atoms with Crippen molar-refractivity contribution in [3.8, 4) is 0 Å². The van der Waals surface area contributed by atoms with Gasteiger partial charge in [-0.05, 0) is 63.6 Å². The number of nitrogens with one attached hydrogen (secondary N) is 2. The van der Waals surface area contributed by atoms with E-state index in [1.165, 1.54) is 30.3 Å². The van der Waals surface area contributed by atoms with Crippen molar-refractivity contribution in [1.29, 1.82) is 0 Å². The Morgan fingerprint density at radius 2 is 1.72 bits per heavy atom. The van der Waals surface area contributed by atoms with Gasteiger partial charge in [0.2, 0.25) is 0 Å². The van der Waals surface area contributed by atoms with Crippen molar-refractivity contribution in [2.45, 2.75) is 39.3 Å². The summed E-state index contributed by atoms with van der Waals surface area (Å²) in [6, 6.07) is 9.78. The molecular weight excluding hydrogens is 326 g/mol. The lowest BCUT2D eigenvalue weighted by molar-refractivity contribution is 0.0636. The van der Waals surface area contributed by atoms with Crippen LogP contribution in [-0.4, -0.2) is 11.7 Å². The third kappa shape index (κ3) is 5.74. The quantitative estimate of drug-likeness (QED) is 0.769. The summed E-state index contributed by atoms with van der Waals surface area (Å²) in [5.41, 5.74) is 0.807. The van der Waals surface area contributed by atoms with Crippen LogP contribution in [0.5, 0.6) is 0 Å². The van der Waals surface area contributed by atoms with Crippen LogP contribution < -0.4 is 10.6 Å². The van der Waals surface area contributed by atoms with Crippen molar-refractivity contribution in [2.75, 3.05) is 10.6 Å². The first-order valence-corrected chi connectivity index (χ1v) is 7.95. The minimum atomic E-state index is -0.646. The molecule has 0 saturated heterocycles. The van der Waals surface area contributed by atoms with Crippen LogP contribution in [-0.2, 0) is 4.74 Å². The molecule has 0 radical (unpaired) electrons. The summed E-state index contributed by atoms with van der Waals surface area (Å²) < 4.78 is 32.2. The zero-order valence-electron chi connectivity index (χ0n) is 14.7. The number of anilines is 2. The van der Waals surface area contributed by atoms with Gasteiger partial charge in [0.05, 0.1) is 11.4 Å². The third-order valence-corrected chi connectivity index (χ3v) is 3.34. The number of amides is 1. The molecule has 1 unspecified atom stereocenters. The molecule has 0 aliphatic rings. The first kappa shape index (κ1) is 18.7. The van der Waals surface area contributed by atoms with Crippen LogP contribution in [0, 0.1) is 11.6 Å². The highest BCUT2D eigenvalue weighted by Gasteiger charge is 2.18. The number of ether oxygens (including phenoxy) is 1. The Morgan fingerprint density at radius 1 is 1.04 bits per heavy atom. The molecule has 0 spiro atoms. The lowest BCUT2D eigenvalue weighted by atomic mass is 10.1. The van der Waals surface area contributed by atoms with Gasteiger partial charge in [-0.25, -0.2) is 13.6 Å². The van der Waals surface area contributed by atoms with E-state index in [-0.39, 0.29) is 11.9 Å². The molecule has 0 heterocycles. The Labute approximate surface area is 146 Å². The Balaban J connectivity index is 2.19. The van der Waals surface area contributed by atoms with Gasteiger partial charge in [0, 0.05) is 6.04 Å². The van der Waals surface area contributed by atoms with Crippen molar-refractivity contribution in [3.63, 3.8) is 0 Å². The van der Waals surface area contributed by atoms with E-state index in [4.69, 9.17) is 4.74 Å². The Bertz CT molecular complexity index is 757. The minimum absolute atomic E-state index is 0.295. The van der Waals surface area contributed by atoms with Gasteiger partial charge >= 0.3 is 6.09 Å². The molecule has 2 N–H and O–H groups in total. The highest BCUT2D eigenvalue weighted by Crippen LogP contribution is 2.28. The van der Waals surface area contributed by atoms with Crippen molar-refractivity contribution in [2.24, 2.45) is 0 Å². The van der Waals surface area contributed by atoms with Gasteiger partial charge in [-0.1, -0.05) is 12.1 Å². The van der Waals surface area contributed by atoms with Gasteiger partial charge in [0.25, 0.3) is 0 Å². The number of benzene rings is 2. The van der Waals surface area contributed by atoms with Crippen molar-refractivity contribution in [3.05, 3.63) is 59.7 Å². The second kappa shape index (κ2) is 7.51. The topological polar surface area (TPSA) is 50.4 Å². The van der Waals surface area contributed by atoms with Crippen LogP contribution in [0.2, 0.25) is 0 Å². The van der Waals surface area contributed by atoms with Crippen molar-refractivity contribution in [1.82, 2.24) is 0 Å². The summed E-state index contributed by atoms with van der Waals surface area (Å²) in [7, 11) is 0. The molecule has 0 bridgehead atoms. The third-order valence-electron chi connectivity index (χ3n) is 3.34. The van der Waals surface area contributed by atoms with E-state index in [1.54, 1.807) is 32.9 Å². The summed E-state index contributed by atoms with van der Waals surface area (Å²) in [4.78, 5) is 12.0. The predicted molar refractivity (Wildman–Crippen MR) is 94.7 cm³/mol. The molecule has 25 heavy (non-hydrogen) atoms. The molecule has 4 nitrogen and oxygen atoms in total. The fourth-order valence-corrected chi connectivity index (χ4v) is 2.25. The first-order chi connectivity index (χ1) is 11.6. The summed E-state index contributed by atoms with van der Waals surface area (Å²) in [5.74, 6) is -0.804. The van der Waals surface area contributed by atoms with Crippen LogP contribution in [0.4, 0.5) is 25.0 Å². The van der Waals surface area contributed by atoms with E-state index in [1.807, 2.05) is 6.92 Å². The average molecular weight is 348 g/mol. The molecule has 0 aliphatic heterocycles. The van der Waals surface area contributed by atoms with Crippen LogP contribution in [0.1, 0.15) is 39.3 Å². The molecule has 1 atom stereocenters. The molecule has 134 valence electrons. The van der Waals surface area contributed by atoms with Gasteiger partial charge in [0.15, 0.2) is 0 Å². The molecule has 2 aromatic rings. The first-order valence-electron chi connectivity index (χ1n) is 7.95. The maximum Gasteiger partial charge on any atom is 0.412 e. The van der Waals surface area contributed by atoms with Gasteiger partial charge in [0.1, 0.15) is 17.2 Å². The van der Waals surface area contributed by atoms with Gasteiger partial charge < -0.3 is 10.1 Å². The molecule has 0 fully saturated rings. The summed E-state index contributed by atoms with van der Waals surface area (Å²) in [6.07, 6.45) is -0.638. The molecule has 0 aliphatic carbocycles. The summed E-state index contributed by atoms with van der Waals surface area (Å²) in [6.45, 7) is 7.07. The van der Waals surface area contributed by atoms with E-state index in [9.17, 15) is 13.6 Å². The van der Waals surface area contributed by atoms with E-state index in [0.29, 0.717) is 16.9 Å². The van der Waals surface area contributed by atoms with E-state index < -0.39 is 17.5 Å². The van der Waals surface area contributed by atoms with E-state index in [0.717, 1.165) is 0 Å². The highest BCUT2D eigenvalue weighted by atomic mass is 19.1. The van der Waals surface area contributed by atoms with E-state index in [2.05, 4.69) is 10.6 Å². The normalized spacial score (nSPS) is 12.4. The number of hydrogen-bond donors (Lipinski definition) is 2. The van der Waals surface area contributed by atoms with Gasteiger partial charge in [-0.2, -0.15) is 0 Å². The standard InChI is InChI=1S/C19H22F2N2O2/c1-12(13-6-5-7-14(20)10-13)22-17-11-15(21)8-9-16(17)23-18(24)25-19(2,3)4/h5-12,22H,1-4H3,(H,23,24). The fraction of sp³-hybridized carbons (Fsp3) is 0.316. The zero-order chi connectivity index (χ0) is 18.6. The fourth-order valence-electron chi connectivity index (χ4n) is 2.25. The molecule has 1 amide bonds. The second-order valence-electron chi connectivity index (χ2n) is 6.74. The van der Waals surface area contributed by atoms with Crippen molar-refractivity contribution >= 4 is 17.5 Å². The lowest BCUT2D eigenvalue weighted by Gasteiger charge is -2.22. The number of halogens is 2. The maximum atomic E-state index is 13.6. The highest BCUT2D eigenvalue weighted by molar-refractivity contribution is 5.89. The van der Waals surface area contributed by atoms with Gasteiger partial charge in [-0.15, -0.1) is 0 Å². The predicted octanol–water partition coefficient (Wildman–Crippen LogP) is 5.48. The zero-order valence-corrected chi connectivity index (χ0v) is 14.7. The molecule has 2 aromatic carbocycles. The van der Waals surface area contributed by atoms with Crippen LogP contribution >= 0.6 is 0 Å². The number of carbonyl (C=O) groups is 1. The average Bonchev–Trinajstić information content (AvgIpc) is 2.48. The molecule has 0 aromatic heterocycles. The summed E-state index contributed by atoms with van der Waals surface area (Å²) >= 11 is 0. The monoisotopic (exact) mass is 348 g/mol. The van der Waals surface area contributed by atoms with E-state index >= 15 is 0 Å². The largest absolute Gasteiger partial charge is 0.444 e.